The fourth-order valence-electron chi connectivity index (χ4n) is 10.6. The summed E-state index contributed by atoms with van der Waals surface area (Å²) in [6, 6.07) is 1.85. The molecule has 0 bridgehead atoms. The third kappa shape index (κ3) is 4.02. The van der Waals surface area contributed by atoms with Gasteiger partial charge in [0.15, 0.2) is 0 Å². The van der Waals surface area contributed by atoms with Gasteiger partial charge in [0.25, 0.3) is 0 Å². The number of carbonyl (C=O) groups excluding carboxylic acids is 5. The van der Waals surface area contributed by atoms with E-state index in [-0.39, 0.29) is 30.6 Å². The number of furan rings is 1. The van der Waals surface area contributed by atoms with Crippen LogP contribution < -0.4 is 0 Å². The molecule has 5 fully saturated rings. The Labute approximate surface area is 268 Å². The molecule has 11 unspecified atom stereocenters. The van der Waals surface area contributed by atoms with E-state index in [1.807, 2.05) is 26.8 Å². The van der Waals surface area contributed by atoms with Crippen LogP contribution in [0.25, 0.3) is 0 Å². The summed E-state index contributed by atoms with van der Waals surface area (Å²) in [7, 11) is 0. The van der Waals surface area contributed by atoms with Gasteiger partial charge in [0, 0.05) is 54.4 Å². The Balaban J connectivity index is 1.67. The molecule has 2 aliphatic heterocycles. The lowest BCUT2D eigenvalue weighted by Gasteiger charge is -2.67. The van der Waals surface area contributed by atoms with Crippen LogP contribution in [0, 0.1) is 28.1 Å². The van der Waals surface area contributed by atoms with Crippen LogP contribution in [0.15, 0.2) is 34.7 Å². The number of Topliss-reactive ketones (excluding diaryl/α,β-unsaturated/α-hetero) is 1. The predicted molar refractivity (Wildman–Crippen MR) is 160 cm³/mol. The highest BCUT2D eigenvalue weighted by Crippen LogP contribution is 2.82. The molecule has 11 nitrogen and oxygen atoms in total. The van der Waals surface area contributed by atoms with Gasteiger partial charge in [0.1, 0.15) is 35.3 Å². The minimum absolute atomic E-state index is 0.000752. The molecule has 1 aromatic rings. The van der Waals surface area contributed by atoms with E-state index in [1.54, 1.807) is 46.3 Å². The SMILES string of the molecule is CC=C(C)C(=O)OC1C(OC(C)=O)C2C3(C)C(OC(C)=O)CC(=O)OC(C)(C)C3CC(=O)C2(C)C23OC2CC(c2ccoc2)C13C. The van der Waals surface area contributed by atoms with Gasteiger partial charge in [-0.1, -0.05) is 19.9 Å². The number of ketones is 1. The number of rotatable bonds is 5. The number of hydrogen-bond acceptors (Lipinski definition) is 11. The first kappa shape index (κ1) is 32.5. The summed E-state index contributed by atoms with van der Waals surface area (Å²) in [6.45, 7) is 15.1. The van der Waals surface area contributed by atoms with Gasteiger partial charge in [-0.3, -0.25) is 19.2 Å². The third-order valence-electron chi connectivity index (χ3n) is 12.5. The van der Waals surface area contributed by atoms with E-state index in [0.717, 1.165) is 5.56 Å². The minimum Gasteiger partial charge on any atom is -0.472 e. The smallest absolute Gasteiger partial charge is 0.333 e. The lowest BCUT2D eigenvalue weighted by molar-refractivity contribution is -0.280. The topological polar surface area (TPSA) is 148 Å². The average Bonchev–Trinajstić information content (AvgIpc) is 3.33. The van der Waals surface area contributed by atoms with Gasteiger partial charge in [-0.15, -0.1) is 0 Å². The molecule has 3 saturated carbocycles. The van der Waals surface area contributed by atoms with Crippen LogP contribution in [0.1, 0.15) is 93.1 Å². The van der Waals surface area contributed by atoms with Crippen molar-refractivity contribution in [3.63, 3.8) is 0 Å². The van der Waals surface area contributed by atoms with Crippen LogP contribution in [0.4, 0.5) is 0 Å². The Morgan fingerprint density at radius 1 is 0.957 bits per heavy atom. The largest absolute Gasteiger partial charge is 0.472 e. The fraction of sp³-hybridized carbons (Fsp3) is 0.686. The number of carbonyl (C=O) groups is 5. The normalized spacial score (nSPS) is 43.9. The van der Waals surface area contributed by atoms with E-state index in [2.05, 4.69) is 0 Å². The van der Waals surface area contributed by atoms with Crippen molar-refractivity contribution in [3.8, 4) is 0 Å². The van der Waals surface area contributed by atoms with Gasteiger partial charge in [0.05, 0.1) is 30.5 Å². The van der Waals surface area contributed by atoms with Gasteiger partial charge < -0.3 is 28.1 Å². The molecule has 46 heavy (non-hydrogen) atoms. The summed E-state index contributed by atoms with van der Waals surface area (Å²) in [6.07, 6.45) is 1.38. The molecule has 5 aliphatic rings. The van der Waals surface area contributed by atoms with Crippen LogP contribution in [-0.4, -0.2) is 65.3 Å². The molecular formula is C35H44O11. The second-order valence-corrected chi connectivity index (χ2v) is 14.9. The zero-order valence-corrected chi connectivity index (χ0v) is 28.0. The van der Waals surface area contributed by atoms with Crippen molar-refractivity contribution in [2.45, 2.75) is 123 Å². The van der Waals surface area contributed by atoms with Crippen molar-refractivity contribution in [2.75, 3.05) is 0 Å². The third-order valence-corrected chi connectivity index (χ3v) is 12.5. The number of hydrogen-bond donors (Lipinski definition) is 0. The number of esters is 4. The number of fused-ring (bicyclic) bond motifs is 3. The lowest BCUT2D eigenvalue weighted by Crippen LogP contribution is -2.78. The first-order valence-corrected chi connectivity index (χ1v) is 16.0. The number of ether oxygens (including phenoxy) is 5. The molecule has 2 saturated heterocycles. The van der Waals surface area contributed by atoms with E-state index in [4.69, 9.17) is 28.1 Å². The van der Waals surface area contributed by atoms with Crippen molar-refractivity contribution >= 4 is 29.7 Å². The number of cyclic esters (lactones) is 1. The molecule has 0 aromatic carbocycles. The summed E-state index contributed by atoms with van der Waals surface area (Å²) < 4.78 is 36.8. The van der Waals surface area contributed by atoms with Crippen molar-refractivity contribution in [2.24, 2.45) is 28.1 Å². The molecule has 1 spiro atoms. The highest BCUT2D eigenvalue weighted by atomic mass is 16.6. The quantitative estimate of drug-likeness (QED) is 0.192. The zero-order chi connectivity index (χ0) is 33.8. The second kappa shape index (κ2) is 10.3. The summed E-state index contributed by atoms with van der Waals surface area (Å²) in [5.41, 5.74) is -4.69. The molecular weight excluding hydrogens is 596 g/mol. The van der Waals surface area contributed by atoms with E-state index in [1.165, 1.54) is 13.8 Å². The Morgan fingerprint density at radius 2 is 1.63 bits per heavy atom. The maximum atomic E-state index is 15.0. The lowest BCUT2D eigenvalue weighted by atomic mass is 9.36. The van der Waals surface area contributed by atoms with Gasteiger partial charge in [-0.05, 0) is 52.7 Å². The van der Waals surface area contributed by atoms with Crippen LogP contribution in [0.5, 0.6) is 0 Å². The Hall–Kier alpha value is -3.47. The van der Waals surface area contributed by atoms with Gasteiger partial charge in [-0.25, -0.2) is 4.79 Å². The summed E-state index contributed by atoms with van der Waals surface area (Å²) >= 11 is 0. The summed E-state index contributed by atoms with van der Waals surface area (Å²) in [5, 5.41) is 0. The summed E-state index contributed by atoms with van der Waals surface area (Å²) in [4.78, 5) is 67.7. The number of epoxide rings is 1. The van der Waals surface area contributed by atoms with Gasteiger partial charge in [-0.2, -0.15) is 0 Å². The van der Waals surface area contributed by atoms with Crippen LogP contribution >= 0.6 is 0 Å². The van der Waals surface area contributed by atoms with Gasteiger partial charge in [0.2, 0.25) is 0 Å². The van der Waals surface area contributed by atoms with E-state index in [0.29, 0.717) is 12.0 Å². The van der Waals surface area contributed by atoms with Crippen molar-refractivity contribution in [1.29, 1.82) is 0 Å². The minimum atomic E-state index is -1.32. The fourth-order valence-corrected chi connectivity index (χ4v) is 10.6. The Kier molecular flexibility index (Phi) is 7.24. The van der Waals surface area contributed by atoms with Crippen LogP contribution in [0.3, 0.4) is 0 Å². The molecule has 0 radical (unpaired) electrons. The molecule has 11 atom stereocenters. The first-order chi connectivity index (χ1) is 21.4. The van der Waals surface area contributed by atoms with Crippen molar-refractivity contribution in [3.05, 3.63) is 35.8 Å². The van der Waals surface area contributed by atoms with Crippen LogP contribution in [-0.2, 0) is 47.7 Å². The zero-order valence-electron chi connectivity index (χ0n) is 28.0. The Bertz CT molecular complexity index is 1520. The molecule has 1 aromatic heterocycles. The molecule has 6 rings (SSSR count). The van der Waals surface area contributed by atoms with Crippen LogP contribution in [0.2, 0.25) is 0 Å². The average molecular weight is 641 g/mol. The van der Waals surface area contributed by atoms with Crippen molar-refractivity contribution in [1.82, 2.24) is 0 Å². The second-order valence-electron chi connectivity index (χ2n) is 14.9. The summed E-state index contributed by atoms with van der Waals surface area (Å²) in [5.74, 6) is -4.41. The molecule has 3 heterocycles. The molecule has 11 heteroatoms. The monoisotopic (exact) mass is 640 g/mol. The maximum Gasteiger partial charge on any atom is 0.333 e. The molecule has 250 valence electrons. The predicted octanol–water partition coefficient (Wildman–Crippen LogP) is 4.61. The van der Waals surface area contributed by atoms with Gasteiger partial charge >= 0.3 is 23.9 Å². The highest BCUT2D eigenvalue weighted by molar-refractivity contribution is 5.91. The molecule has 0 N–H and O–H groups in total. The number of allylic oxidation sites excluding steroid dienone is 1. The Morgan fingerprint density at radius 3 is 2.22 bits per heavy atom. The van der Waals surface area contributed by atoms with Crippen molar-refractivity contribution < 1.29 is 52.1 Å². The molecule has 3 aliphatic carbocycles. The van der Waals surface area contributed by atoms with E-state index < -0.39 is 81.5 Å². The van der Waals surface area contributed by atoms with E-state index >= 15 is 0 Å². The maximum absolute atomic E-state index is 15.0. The highest BCUT2D eigenvalue weighted by Gasteiger charge is 2.92. The van der Waals surface area contributed by atoms with E-state index in [9.17, 15) is 24.0 Å². The standard InChI is InChI=1S/C35H44O11/c1-10-17(2)30(40)44-29-27(43-19(4)37)28-32(7)22(31(5,6)46-26(39)15-24(32)42-18(3)36)14-23(38)34(28,9)35-25(45-35)13-21(33(29,35)8)20-11-12-41-16-20/h10-12,16,21-22,24-25,27-29H,13-15H2,1-9H3. The molecule has 0 amide bonds. The first-order valence-electron chi connectivity index (χ1n) is 16.0.